The monoisotopic (exact) mass is 591 g/mol. The number of methoxy groups -OCH3 is 1. The second kappa shape index (κ2) is 13.0. The third kappa shape index (κ3) is 8.93. The molecule has 0 aliphatic heterocycles. The lowest BCUT2D eigenvalue weighted by atomic mass is 10.2. The number of rotatable bonds is 7. The van der Waals surface area contributed by atoms with Crippen LogP contribution in [0.3, 0.4) is 0 Å². The van der Waals surface area contributed by atoms with Crippen molar-refractivity contribution in [2.24, 2.45) is 0 Å². The third-order valence-electron chi connectivity index (χ3n) is 4.51. The maximum Gasteiger partial charge on any atom is 0.420 e. The van der Waals surface area contributed by atoms with Crippen molar-refractivity contribution >= 4 is 39.1 Å². The first-order chi connectivity index (χ1) is 18.2. The molecule has 3 rings (SSSR count). The first kappa shape index (κ1) is 31.0. The number of nitrogens with zero attached hydrogens (tertiary/aromatic N) is 1. The van der Waals surface area contributed by atoms with Gasteiger partial charge in [-0.2, -0.15) is 13.2 Å². The maximum atomic E-state index is 12.6. The fourth-order valence-electron chi connectivity index (χ4n) is 2.72. The molecule has 0 fully saturated rings. The number of carbonyl (C=O) groups is 1. The zero-order chi connectivity index (χ0) is 29.4. The summed E-state index contributed by atoms with van der Waals surface area (Å²) in [6.45, 7) is 1.86. The Morgan fingerprint density at radius 2 is 1.72 bits per heavy atom. The van der Waals surface area contributed by atoms with Crippen LogP contribution in [-0.4, -0.2) is 33.2 Å². The number of hydrogen-bond donors (Lipinski definition) is 2. The summed E-state index contributed by atoms with van der Waals surface area (Å²) in [5, 5.41) is 10.7. The number of nitro benzene ring substituents is 1. The minimum Gasteiger partial charge on any atom is -0.487 e. The summed E-state index contributed by atoms with van der Waals surface area (Å²) >= 11 is 5.80. The molecule has 0 unspecified atom stereocenters. The Bertz CT molecular complexity index is 1440. The van der Waals surface area contributed by atoms with E-state index in [0.29, 0.717) is 5.69 Å². The Kier molecular flexibility index (Phi) is 10.3. The lowest BCUT2D eigenvalue weighted by molar-refractivity contribution is -0.385. The molecule has 0 radical (unpaired) electrons. The number of halogens is 4. The minimum absolute atomic E-state index is 0.0111. The lowest BCUT2D eigenvalue weighted by Gasteiger charge is -2.12. The number of benzene rings is 3. The molecule has 0 aliphatic carbocycles. The SMILES string of the molecule is CCOc1cc(Oc2ccc(C(F)(F)F)cc2Cl)ccc1[N+](=O)[O-].COC(=O)NS(=O)(=O)c1ccc(N)cc1. The predicted octanol–water partition coefficient (Wildman–Crippen LogP) is 5.77. The molecule has 0 aliphatic rings. The number of amides is 1. The van der Waals surface area contributed by atoms with Gasteiger partial charge >= 0.3 is 18.0 Å². The molecule has 16 heteroatoms. The number of alkyl halides is 3. The van der Waals surface area contributed by atoms with Crippen molar-refractivity contribution in [3.05, 3.63) is 81.4 Å². The molecule has 0 heterocycles. The van der Waals surface area contributed by atoms with E-state index in [1.54, 1.807) is 11.6 Å². The molecule has 0 saturated heterocycles. The van der Waals surface area contributed by atoms with Crippen molar-refractivity contribution in [3.8, 4) is 17.2 Å². The molecule has 3 aromatic rings. The van der Waals surface area contributed by atoms with Crippen molar-refractivity contribution in [1.29, 1.82) is 0 Å². The van der Waals surface area contributed by atoms with Gasteiger partial charge in [0.05, 0.1) is 34.1 Å². The molecular formula is C23H21ClF3N3O8S. The van der Waals surface area contributed by atoms with E-state index in [4.69, 9.17) is 26.8 Å². The fourth-order valence-corrected chi connectivity index (χ4v) is 3.86. The van der Waals surface area contributed by atoms with E-state index >= 15 is 0 Å². The smallest absolute Gasteiger partial charge is 0.420 e. The van der Waals surface area contributed by atoms with Crippen molar-refractivity contribution in [2.75, 3.05) is 19.5 Å². The zero-order valence-electron chi connectivity index (χ0n) is 20.2. The largest absolute Gasteiger partial charge is 0.487 e. The fraction of sp³-hybridized carbons (Fsp3) is 0.174. The summed E-state index contributed by atoms with van der Waals surface area (Å²) in [6.07, 6.45) is -5.55. The van der Waals surface area contributed by atoms with Crippen LogP contribution in [0.4, 0.5) is 29.3 Å². The predicted molar refractivity (Wildman–Crippen MR) is 134 cm³/mol. The summed E-state index contributed by atoms with van der Waals surface area (Å²) in [5.74, 6) is 0.120. The van der Waals surface area contributed by atoms with Gasteiger partial charge in [-0.1, -0.05) is 11.6 Å². The van der Waals surface area contributed by atoms with E-state index in [-0.39, 0.29) is 39.5 Å². The second-order valence-corrected chi connectivity index (χ2v) is 9.32. The molecule has 39 heavy (non-hydrogen) atoms. The Hall–Kier alpha value is -4.24. The van der Waals surface area contributed by atoms with Crippen molar-refractivity contribution in [1.82, 2.24) is 4.72 Å². The Balaban J connectivity index is 0.000000306. The quantitative estimate of drug-likeness (QED) is 0.197. The molecule has 11 nitrogen and oxygen atoms in total. The van der Waals surface area contributed by atoms with Crippen LogP contribution in [0.1, 0.15) is 12.5 Å². The highest BCUT2D eigenvalue weighted by Gasteiger charge is 2.31. The number of ether oxygens (including phenoxy) is 3. The number of anilines is 1. The van der Waals surface area contributed by atoms with Crippen LogP contribution in [-0.2, 0) is 20.9 Å². The molecular weight excluding hydrogens is 571 g/mol. The summed E-state index contributed by atoms with van der Waals surface area (Å²) in [7, 11) is -2.79. The average molecular weight is 592 g/mol. The standard InChI is InChI=1S/C15H11ClF3NO4.C8H10N2O4S/c1-2-23-14-8-10(4-5-12(14)20(21)22)24-13-6-3-9(7-11(13)16)15(17,18)19;1-14-8(11)10-15(12,13)7-4-2-6(9)3-5-7/h3-8H,2H2,1H3;2-5H,9H2,1H3,(H,10,11). The van der Waals surface area contributed by atoms with Gasteiger partial charge in [-0.3, -0.25) is 10.1 Å². The zero-order valence-corrected chi connectivity index (χ0v) is 21.8. The van der Waals surface area contributed by atoms with Crippen LogP contribution in [0.25, 0.3) is 0 Å². The van der Waals surface area contributed by atoms with Crippen LogP contribution >= 0.6 is 11.6 Å². The van der Waals surface area contributed by atoms with Gasteiger partial charge < -0.3 is 19.9 Å². The third-order valence-corrected chi connectivity index (χ3v) is 6.13. The molecule has 0 spiro atoms. The summed E-state index contributed by atoms with van der Waals surface area (Å²) in [6, 6.07) is 11.8. The molecule has 0 aromatic heterocycles. The Morgan fingerprint density at radius 1 is 1.08 bits per heavy atom. The van der Waals surface area contributed by atoms with E-state index in [2.05, 4.69) is 4.74 Å². The lowest BCUT2D eigenvalue weighted by Crippen LogP contribution is -2.30. The number of nitrogens with two attached hydrogens (primary N) is 1. The van der Waals surface area contributed by atoms with Crippen LogP contribution in [0, 0.1) is 10.1 Å². The highest BCUT2D eigenvalue weighted by molar-refractivity contribution is 7.90. The molecule has 3 N–H and O–H groups in total. The van der Waals surface area contributed by atoms with Gasteiger partial charge in [-0.25, -0.2) is 17.9 Å². The normalized spacial score (nSPS) is 11.0. The molecule has 1 amide bonds. The van der Waals surface area contributed by atoms with Crippen LogP contribution in [0.15, 0.2) is 65.6 Å². The minimum atomic E-state index is -4.52. The van der Waals surface area contributed by atoms with E-state index in [1.807, 2.05) is 0 Å². The second-order valence-electron chi connectivity index (χ2n) is 7.23. The number of sulfonamides is 1. The number of nitro groups is 1. The van der Waals surface area contributed by atoms with Gasteiger partial charge in [0, 0.05) is 17.8 Å². The highest BCUT2D eigenvalue weighted by Crippen LogP contribution is 2.38. The van der Waals surface area contributed by atoms with Gasteiger partial charge in [0.2, 0.25) is 5.75 Å². The molecule has 0 bridgehead atoms. The topological polar surface area (TPSA) is 160 Å². The Morgan fingerprint density at radius 3 is 2.23 bits per heavy atom. The van der Waals surface area contributed by atoms with Crippen molar-refractivity contribution < 1.29 is 45.5 Å². The average Bonchev–Trinajstić information content (AvgIpc) is 2.85. The number of nitrogens with one attached hydrogen (secondary N) is 1. The first-order valence-electron chi connectivity index (χ1n) is 10.6. The van der Waals surface area contributed by atoms with Gasteiger partial charge in [0.1, 0.15) is 11.5 Å². The summed E-state index contributed by atoms with van der Waals surface area (Å²) < 4.78 is 77.2. The number of hydrogen-bond acceptors (Lipinski definition) is 9. The molecule has 0 atom stereocenters. The van der Waals surface area contributed by atoms with Gasteiger partial charge in [-0.05, 0) is 55.5 Å². The summed E-state index contributed by atoms with van der Waals surface area (Å²) in [4.78, 5) is 21.0. The summed E-state index contributed by atoms with van der Waals surface area (Å²) in [5.41, 5.74) is 4.68. The van der Waals surface area contributed by atoms with Crippen molar-refractivity contribution in [2.45, 2.75) is 18.0 Å². The van der Waals surface area contributed by atoms with Crippen molar-refractivity contribution in [3.63, 3.8) is 0 Å². The van der Waals surface area contributed by atoms with Gasteiger partial charge in [-0.15, -0.1) is 0 Å². The highest BCUT2D eigenvalue weighted by atomic mass is 35.5. The van der Waals surface area contributed by atoms with Crippen LogP contribution < -0.4 is 19.9 Å². The van der Waals surface area contributed by atoms with E-state index in [9.17, 15) is 36.5 Å². The van der Waals surface area contributed by atoms with E-state index in [0.717, 1.165) is 25.3 Å². The Labute approximate surface area is 225 Å². The molecule has 210 valence electrons. The number of carbonyl (C=O) groups excluding carboxylic acids is 1. The number of nitrogen functional groups attached to an aromatic ring is 1. The van der Waals surface area contributed by atoms with Gasteiger partial charge in [0.15, 0.2) is 0 Å². The van der Waals surface area contributed by atoms with Crippen LogP contribution in [0.5, 0.6) is 17.2 Å². The maximum absolute atomic E-state index is 12.6. The molecule has 3 aromatic carbocycles. The van der Waals surface area contributed by atoms with Crippen LogP contribution in [0.2, 0.25) is 5.02 Å². The van der Waals surface area contributed by atoms with Gasteiger partial charge in [0.25, 0.3) is 10.0 Å². The first-order valence-corrected chi connectivity index (χ1v) is 12.5. The van der Waals surface area contributed by atoms with E-state index in [1.165, 1.54) is 42.5 Å². The molecule has 0 saturated carbocycles. The van der Waals surface area contributed by atoms with E-state index < -0.39 is 32.8 Å².